The van der Waals surface area contributed by atoms with Crippen LogP contribution in [0.15, 0.2) is 23.1 Å². The molecular formula is C11H11F3O3S. The van der Waals surface area contributed by atoms with E-state index in [-0.39, 0.29) is 12.2 Å². The van der Waals surface area contributed by atoms with Crippen molar-refractivity contribution in [2.45, 2.75) is 18.2 Å². The molecule has 3 nitrogen and oxygen atoms in total. The lowest BCUT2D eigenvalue weighted by Crippen LogP contribution is -2.17. The van der Waals surface area contributed by atoms with E-state index in [2.05, 4.69) is 4.74 Å². The van der Waals surface area contributed by atoms with Gasteiger partial charge in [0.2, 0.25) is 0 Å². The molecule has 0 N–H and O–H groups in total. The van der Waals surface area contributed by atoms with Crippen molar-refractivity contribution in [2.24, 2.45) is 0 Å². The van der Waals surface area contributed by atoms with Crippen LogP contribution in [0.5, 0.6) is 5.75 Å². The highest BCUT2D eigenvalue weighted by molar-refractivity contribution is 7.98. The second-order valence-electron chi connectivity index (χ2n) is 3.17. The molecule has 0 radical (unpaired) electrons. The minimum Gasteiger partial charge on any atom is -0.462 e. The molecule has 1 aromatic carbocycles. The summed E-state index contributed by atoms with van der Waals surface area (Å²) in [6.07, 6.45) is -3.11. The molecule has 0 amide bonds. The molecule has 1 aromatic rings. The van der Waals surface area contributed by atoms with E-state index in [1.165, 1.54) is 23.9 Å². The summed E-state index contributed by atoms with van der Waals surface area (Å²) < 4.78 is 44.9. The Balaban J connectivity index is 3.05. The maximum Gasteiger partial charge on any atom is 0.573 e. The van der Waals surface area contributed by atoms with E-state index in [1.54, 1.807) is 13.2 Å². The van der Waals surface area contributed by atoms with E-state index < -0.39 is 18.1 Å². The topological polar surface area (TPSA) is 35.5 Å². The van der Waals surface area contributed by atoms with Gasteiger partial charge in [0.15, 0.2) is 0 Å². The van der Waals surface area contributed by atoms with E-state index in [4.69, 9.17) is 4.74 Å². The molecule has 0 aliphatic rings. The molecule has 0 aliphatic heterocycles. The van der Waals surface area contributed by atoms with Gasteiger partial charge in [0.25, 0.3) is 0 Å². The Labute approximate surface area is 106 Å². The van der Waals surface area contributed by atoms with Crippen LogP contribution in [0.25, 0.3) is 0 Å². The van der Waals surface area contributed by atoms with E-state index in [0.717, 1.165) is 6.07 Å². The zero-order valence-electron chi connectivity index (χ0n) is 9.71. The standard InChI is InChI=1S/C11H11F3O3S/c1-3-16-10(15)7-4-8(17-11(12,13)14)6-9(5-7)18-2/h4-6H,3H2,1-2H3. The molecule has 0 bridgehead atoms. The number of hydrogen-bond acceptors (Lipinski definition) is 4. The fourth-order valence-electron chi connectivity index (χ4n) is 1.21. The molecule has 0 saturated heterocycles. The van der Waals surface area contributed by atoms with Crippen LogP contribution in [0, 0.1) is 0 Å². The number of carbonyl (C=O) groups excluding carboxylic acids is 1. The highest BCUT2D eigenvalue weighted by atomic mass is 32.2. The third kappa shape index (κ3) is 4.48. The summed E-state index contributed by atoms with van der Waals surface area (Å²) in [6, 6.07) is 3.66. The van der Waals surface area contributed by atoms with E-state index >= 15 is 0 Å². The molecule has 100 valence electrons. The largest absolute Gasteiger partial charge is 0.573 e. The van der Waals surface area contributed by atoms with Crippen LogP contribution in [0.3, 0.4) is 0 Å². The van der Waals surface area contributed by atoms with Gasteiger partial charge in [0, 0.05) is 4.90 Å². The summed E-state index contributed by atoms with van der Waals surface area (Å²) in [7, 11) is 0. The fraction of sp³-hybridized carbons (Fsp3) is 0.364. The number of rotatable bonds is 4. The normalized spacial score (nSPS) is 11.2. The van der Waals surface area contributed by atoms with Gasteiger partial charge < -0.3 is 9.47 Å². The molecule has 7 heteroatoms. The maximum absolute atomic E-state index is 12.1. The van der Waals surface area contributed by atoms with Gasteiger partial charge in [0.05, 0.1) is 12.2 Å². The molecule has 0 unspecified atom stereocenters. The zero-order chi connectivity index (χ0) is 13.8. The summed E-state index contributed by atoms with van der Waals surface area (Å²) >= 11 is 1.20. The lowest BCUT2D eigenvalue weighted by molar-refractivity contribution is -0.274. The molecule has 0 aromatic heterocycles. The summed E-state index contributed by atoms with van der Waals surface area (Å²) in [5.74, 6) is -1.11. The van der Waals surface area contributed by atoms with Crippen LogP contribution < -0.4 is 4.74 Å². The summed E-state index contributed by atoms with van der Waals surface area (Å²) in [6.45, 7) is 1.77. The van der Waals surface area contributed by atoms with E-state index in [1.807, 2.05) is 0 Å². The Kier molecular flexibility index (Phi) is 4.89. The first-order chi connectivity index (χ1) is 8.35. The van der Waals surface area contributed by atoms with E-state index in [0.29, 0.717) is 4.90 Å². The van der Waals surface area contributed by atoms with Crippen molar-refractivity contribution in [1.82, 2.24) is 0 Å². The smallest absolute Gasteiger partial charge is 0.462 e. The second kappa shape index (κ2) is 5.99. The van der Waals surface area contributed by atoms with Crippen molar-refractivity contribution >= 4 is 17.7 Å². The van der Waals surface area contributed by atoms with Gasteiger partial charge in [-0.1, -0.05) is 0 Å². The van der Waals surface area contributed by atoms with Crippen molar-refractivity contribution < 1.29 is 27.4 Å². The third-order valence-corrected chi connectivity index (χ3v) is 2.57. The molecule has 0 spiro atoms. The van der Waals surface area contributed by atoms with Gasteiger partial charge in [-0.3, -0.25) is 0 Å². The average Bonchev–Trinajstić information content (AvgIpc) is 2.26. The van der Waals surface area contributed by atoms with Gasteiger partial charge in [-0.2, -0.15) is 0 Å². The lowest BCUT2D eigenvalue weighted by atomic mass is 10.2. The van der Waals surface area contributed by atoms with E-state index in [9.17, 15) is 18.0 Å². The van der Waals surface area contributed by atoms with Crippen LogP contribution in [0.2, 0.25) is 0 Å². The first-order valence-corrected chi connectivity index (χ1v) is 6.20. The Morgan fingerprint density at radius 3 is 2.50 bits per heavy atom. The number of alkyl halides is 3. The van der Waals surface area contributed by atoms with Crippen molar-refractivity contribution in [3.8, 4) is 5.75 Å². The zero-order valence-corrected chi connectivity index (χ0v) is 10.5. The molecule has 18 heavy (non-hydrogen) atoms. The van der Waals surface area contributed by atoms with Gasteiger partial charge >= 0.3 is 12.3 Å². The van der Waals surface area contributed by atoms with Crippen LogP contribution in [-0.4, -0.2) is 25.2 Å². The number of hydrogen-bond donors (Lipinski definition) is 0. The minimum absolute atomic E-state index is 0.0305. The van der Waals surface area contributed by atoms with Crippen molar-refractivity contribution in [3.05, 3.63) is 23.8 Å². The number of esters is 1. The Morgan fingerprint density at radius 2 is 2.00 bits per heavy atom. The van der Waals surface area contributed by atoms with Crippen LogP contribution >= 0.6 is 11.8 Å². The monoisotopic (exact) mass is 280 g/mol. The first-order valence-electron chi connectivity index (χ1n) is 4.97. The molecule has 0 saturated carbocycles. The minimum atomic E-state index is -4.79. The summed E-state index contributed by atoms with van der Waals surface area (Å²) in [4.78, 5) is 11.9. The molecule has 0 aliphatic carbocycles. The Morgan fingerprint density at radius 1 is 1.33 bits per heavy atom. The average molecular weight is 280 g/mol. The summed E-state index contributed by atoms with van der Waals surface area (Å²) in [5, 5.41) is 0. The summed E-state index contributed by atoms with van der Waals surface area (Å²) in [5.41, 5.74) is 0.0305. The second-order valence-corrected chi connectivity index (χ2v) is 4.05. The number of ether oxygens (including phenoxy) is 2. The van der Waals surface area contributed by atoms with Crippen LogP contribution in [-0.2, 0) is 4.74 Å². The SMILES string of the molecule is CCOC(=O)c1cc(OC(F)(F)F)cc(SC)c1. The quantitative estimate of drug-likeness (QED) is 0.625. The van der Waals surface area contributed by atoms with Gasteiger partial charge in [-0.15, -0.1) is 24.9 Å². The Bertz CT molecular complexity index is 432. The molecule has 1 rings (SSSR count). The first kappa shape index (κ1) is 14.7. The van der Waals surface area contributed by atoms with Gasteiger partial charge in [0.1, 0.15) is 5.75 Å². The number of carbonyl (C=O) groups is 1. The van der Waals surface area contributed by atoms with Crippen molar-refractivity contribution in [2.75, 3.05) is 12.9 Å². The maximum atomic E-state index is 12.1. The molecule has 0 heterocycles. The predicted octanol–water partition coefficient (Wildman–Crippen LogP) is 3.48. The molecule has 0 atom stereocenters. The third-order valence-electron chi connectivity index (χ3n) is 1.86. The highest BCUT2D eigenvalue weighted by Gasteiger charge is 2.31. The van der Waals surface area contributed by atoms with Crippen LogP contribution in [0.4, 0.5) is 13.2 Å². The molecular weight excluding hydrogens is 269 g/mol. The van der Waals surface area contributed by atoms with Gasteiger partial charge in [-0.25, -0.2) is 4.79 Å². The Hall–Kier alpha value is -1.37. The van der Waals surface area contributed by atoms with Crippen molar-refractivity contribution in [3.63, 3.8) is 0 Å². The predicted molar refractivity (Wildman–Crippen MR) is 60.9 cm³/mol. The number of halogens is 3. The number of thioether (sulfide) groups is 1. The van der Waals surface area contributed by atoms with Crippen LogP contribution in [0.1, 0.15) is 17.3 Å². The van der Waals surface area contributed by atoms with Gasteiger partial charge in [-0.05, 0) is 31.4 Å². The van der Waals surface area contributed by atoms with Crippen molar-refractivity contribution in [1.29, 1.82) is 0 Å². The lowest BCUT2D eigenvalue weighted by Gasteiger charge is -2.11. The highest BCUT2D eigenvalue weighted by Crippen LogP contribution is 2.28. The fourth-order valence-corrected chi connectivity index (χ4v) is 1.69. The molecule has 0 fully saturated rings. The number of benzene rings is 1.